The fraction of sp³-hybridized carbons (Fsp3) is 0.458. The maximum Gasteiger partial charge on any atom is 0.244 e. The number of carbonyl (C=O) groups excluding carboxylic acids is 1. The van der Waals surface area contributed by atoms with Gasteiger partial charge in [-0.1, -0.05) is 25.4 Å². The predicted molar refractivity (Wildman–Crippen MR) is 133 cm³/mol. The highest BCUT2D eigenvalue weighted by atomic mass is 35.5. The van der Waals surface area contributed by atoms with Crippen LogP contribution in [0.25, 0.3) is 0 Å². The molecule has 0 aromatic heterocycles. The van der Waals surface area contributed by atoms with Crippen molar-refractivity contribution in [2.45, 2.75) is 52.6 Å². The van der Waals surface area contributed by atoms with Crippen LogP contribution >= 0.6 is 11.6 Å². The molecule has 0 fully saturated rings. The van der Waals surface area contributed by atoms with E-state index >= 15 is 0 Å². The number of benzene rings is 2. The van der Waals surface area contributed by atoms with Crippen molar-refractivity contribution in [2.75, 3.05) is 24.8 Å². The maximum atomic E-state index is 13.1. The van der Waals surface area contributed by atoms with Crippen molar-refractivity contribution in [2.24, 2.45) is 0 Å². The van der Waals surface area contributed by atoms with Crippen LogP contribution in [0.2, 0.25) is 5.02 Å². The Hall–Kier alpha value is -2.45. The molecule has 2 rings (SSSR count). The summed E-state index contributed by atoms with van der Waals surface area (Å²) in [6, 6.07) is 7.24. The van der Waals surface area contributed by atoms with Crippen LogP contribution in [0.4, 0.5) is 5.69 Å². The van der Waals surface area contributed by atoms with Crippen molar-refractivity contribution >= 4 is 33.2 Å². The summed E-state index contributed by atoms with van der Waals surface area (Å²) in [6.07, 6.45) is 1.06. The molecule has 0 saturated carbocycles. The lowest BCUT2D eigenvalue weighted by atomic mass is 9.93. The molecule has 33 heavy (non-hydrogen) atoms. The first-order valence-electron chi connectivity index (χ1n) is 10.6. The van der Waals surface area contributed by atoms with Crippen molar-refractivity contribution in [3.05, 3.63) is 52.0 Å². The molecule has 2 aromatic rings. The highest BCUT2D eigenvalue weighted by Crippen LogP contribution is 2.33. The van der Waals surface area contributed by atoms with Crippen LogP contribution in [0.3, 0.4) is 0 Å². The number of methoxy groups -OCH3 is 2. The zero-order chi connectivity index (χ0) is 25.1. The number of nitrogens with zero attached hydrogens (tertiary/aromatic N) is 1. The number of anilines is 1. The van der Waals surface area contributed by atoms with Crippen LogP contribution in [0.1, 0.15) is 56.3 Å². The van der Waals surface area contributed by atoms with Gasteiger partial charge in [-0.15, -0.1) is 0 Å². The summed E-state index contributed by atoms with van der Waals surface area (Å²) in [6.45, 7) is 9.52. The summed E-state index contributed by atoms with van der Waals surface area (Å²) in [4.78, 5) is 13.1. The third-order valence-electron chi connectivity index (χ3n) is 5.54. The molecule has 2 atom stereocenters. The number of hydrogen-bond donors (Lipinski definition) is 1. The van der Waals surface area contributed by atoms with Gasteiger partial charge in [0, 0.05) is 0 Å². The fourth-order valence-electron chi connectivity index (χ4n) is 3.82. The van der Waals surface area contributed by atoms with Gasteiger partial charge in [-0.25, -0.2) is 8.42 Å². The highest BCUT2D eigenvalue weighted by Gasteiger charge is 2.30. The Labute approximate surface area is 202 Å². The van der Waals surface area contributed by atoms with Gasteiger partial charge in [0.25, 0.3) is 0 Å². The van der Waals surface area contributed by atoms with Gasteiger partial charge in [0.1, 0.15) is 17.5 Å². The van der Waals surface area contributed by atoms with E-state index in [1.807, 2.05) is 26.0 Å². The van der Waals surface area contributed by atoms with Crippen molar-refractivity contribution in [3.63, 3.8) is 0 Å². The van der Waals surface area contributed by atoms with Crippen LogP contribution in [-0.2, 0) is 14.8 Å². The number of hydrogen-bond acceptors (Lipinski definition) is 5. The Bertz CT molecular complexity index is 1120. The number of aryl methyl sites for hydroxylation is 1. The van der Waals surface area contributed by atoms with Crippen molar-refractivity contribution in [3.8, 4) is 11.5 Å². The smallest absolute Gasteiger partial charge is 0.244 e. The summed E-state index contributed by atoms with van der Waals surface area (Å²) in [5.74, 6) is 1.02. The quantitative estimate of drug-likeness (QED) is 0.538. The van der Waals surface area contributed by atoms with E-state index in [0.717, 1.165) is 33.0 Å². The minimum atomic E-state index is -3.78. The normalized spacial score (nSPS) is 13.4. The molecule has 0 bridgehead atoms. The van der Waals surface area contributed by atoms with Gasteiger partial charge >= 0.3 is 0 Å². The van der Waals surface area contributed by atoms with Gasteiger partial charge in [0.05, 0.1) is 37.2 Å². The highest BCUT2D eigenvalue weighted by molar-refractivity contribution is 7.92. The largest absolute Gasteiger partial charge is 0.496 e. The zero-order valence-corrected chi connectivity index (χ0v) is 22.0. The number of ether oxygens (including phenoxy) is 2. The predicted octanol–water partition coefficient (Wildman–Crippen LogP) is 4.82. The topological polar surface area (TPSA) is 84.9 Å². The lowest BCUT2D eigenvalue weighted by Crippen LogP contribution is -2.48. The number of carbonyl (C=O) groups is 1. The van der Waals surface area contributed by atoms with E-state index in [2.05, 4.69) is 19.2 Å². The van der Waals surface area contributed by atoms with Gasteiger partial charge < -0.3 is 14.8 Å². The summed E-state index contributed by atoms with van der Waals surface area (Å²) in [7, 11) is -0.670. The Morgan fingerprint density at radius 2 is 1.61 bits per heavy atom. The molecule has 182 valence electrons. The van der Waals surface area contributed by atoms with E-state index in [1.165, 1.54) is 13.2 Å². The first-order valence-corrected chi connectivity index (χ1v) is 12.9. The molecule has 0 spiro atoms. The maximum absolute atomic E-state index is 13.1. The van der Waals surface area contributed by atoms with Crippen molar-refractivity contribution < 1.29 is 22.7 Å². The lowest BCUT2D eigenvalue weighted by Gasteiger charge is -2.30. The minimum absolute atomic E-state index is 0.238. The molecule has 2 aromatic carbocycles. The van der Waals surface area contributed by atoms with Crippen LogP contribution in [0.15, 0.2) is 30.3 Å². The third kappa shape index (κ3) is 6.12. The number of halogens is 1. The van der Waals surface area contributed by atoms with E-state index in [4.69, 9.17) is 21.1 Å². The van der Waals surface area contributed by atoms with Gasteiger partial charge in [0.2, 0.25) is 15.9 Å². The molecule has 7 nitrogen and oxygen atoms in total. The summed E-state index contributed by atoms with van der Waals surface area (Å²) >= 11 is 6.20. The number of sulfonamides is 1. The summed E-state index contributed by atoms with van der Waals surface area (Å²) < 4.78 is 36.9. The van der Waals surface area contributed by atoms with Crippen molar-refractivity contribution in [1.82, 2.24) is 5.32 Å². The average molecular weight is 497 g/mol. The third-order valence-corrected chi connectivity index (χ3v) is 7.08. The van der Waals surface area contributed by atoms with Gasteiger partial charge in [0.15, 0.2) is 0 Å². The molecule has 0 aliphatic heterocycles. The van der Waals surface area contributed by atoms with E-state index < -0.39 is 22.0 Å². The molecule has 0 aliphatic rings. The molecular weight excluding hydrogens is 464 g/mol. The fourth-order valence-corrected chi connectivity index (χ4v) is 5.24. The molecular formula is C24H33ClN2O5S. The van der Waals surface area contributed by atoms with Gasteiger partial charge in [-0.3, -0.25) is 9.10 Å². The minimum Gasteiger partial charge on any atom is -0.496 e. The first-order chi connectivity index (χ1) is 15.3. The Morgan fingerprint density at radius 3 is 2.09 bits per heavy atom. The summed E-state index contributed by atoms with van der Waals surface area (Å²) in [5, 5.41) is 3.21. The number of rotatable bonds is 9. The standard InChI is InChI=1S/C24H33ClN2O5S/c1-14(2)19-13-20(15(3)11-23(19)32-7)16(4)26-24(28)17(5)27(33(8,29)30)18-9-10-22(31-6)21(25)12-18/h9-14,16-17H,1-8H3,(H,26,28)/t16-,17-/m0/s1. The Morgan fingerprint density at radius 1 is 1.00 bits per heavy atom. The first kappa shape index (κ1) is 26.8. The zero-order valence-electron chi connectivity index (χ0n) is 20.4. The van der Waals surface area contributed by atoms with E-state index in [9.17, 15) is 13.2 Å². The molecule has 1 amide bonds. The molecule has 0 radical (unpaired) electrons. The van der Waals surface area contributed by atoms with Gasteiger partial charge in [-0.05, 0) is 73.7 Å². The van der Waals surface area contributed by atoms with Crippen LogP contribution in [0, 0.1) is 6.92 Å². The number of nitrogens with one attached hydrogen (secondary N) is 1. The van der Waals surface area contributed by atoms with Crippen molar-refractivity contribution in [1.29, 1.82) is 0 Å². The molecule has 0 unspecified atom stereocenters. The second-order valence-corrected chi connectivity index (χ2v) is 10.7. The van der Waals surface area contributed by atoms with Gasteiger partial charge in [-0.2, -0.15) is 0 Å². The van der Waals surface area contributed by atoms with E-state index in [1.54, 1.807) is 26.2 Å². The SMILES string of the molecule is COc1ccc(N([C@@H](C)C(=O)N[C@@H](C)c2cc(C(C)C)c(OC)cc2C)S(C)(=O)=O)cc1Cl. The Kier molecular flexibility index (Phi) is 8.65. The average Bonchev–Trinajstić information content (AvgIpc) is 2.72. The van der Waals surface area contributed by atoms with E-state index in [0.29, 0.717) is 5.75 Å². The molecule has 0 aliphatic carbocycles. The molecule has 0 heterocycles. The van der Waals surface area contributed by atoms with Crippen LogP contribution in [-0.4, -0.2) is 40.8 Å². The van der Waals surface area contributed by atoms with Crippen LogP contribution < -0.4 is 19.1 Å². The molecule has 9 heteroatoms. The summed E-state index contributed by atoms with van der Waals surface area (Å²) in [5.41, 5.74) is 3.23. The Balaban J connectivity index is 2.36. The lowest BCUT2D eigenvalue weighted by molar-refractivity contribution is -0.122. The molecule has 1 N–H and O–H groups in total. The number of amides is 1. The van der Waals surface area contributed by atoms with Crippen LogP contribution in [0.5, 0.6) is 11.5 Å². The second-order valence-electron chi connectivity index (χ2n) is 8.39. The van der Waals surface area contributed by atoms with E-state index in [-0.39, 0.29) is 22.7 Å². The monoisotopic (exact) mass is 496 g/mol. The second kappa shape index (κ2) is 10.7. The molecule has 0 saturated heterocycles.